The zero-order valence-electron chi connectivity index (χ0n) is 25.5. The van der Waals surface area contributed by atoms with Crippen molar-refractivity contribution in [1.82, 2.24) is 20.6 Å². The maximum atomic E-state index is 12.4. The predicted octanol–water partition coefficient (Wildman–Crippen LogP) is 4.01. The van der Waals surface area contributed by atoms with Gasteiger partial charge in [-0.05, 0) is 80.5 Å². The molecule has 0 radical (unpaired) electrons. The van der Waals surface area contributed by atoms with Crippen LogP contribution in [-0.2, 0) is 32.0 Å². The van der Waals surface area contributed by atoms with E-state index >= 15 is 0 Å². The van der Waals surface area contributed by atoms with Crippen LogP contribution < -0.4 is 10.6 Å². The Labute approximate surface area is 259 Å². The Bertz CT molecular complexity index is 1870. The fourth-order valence-corrected chi connectivity index (χ4v) is 5.58. The third-order valence-electron chi connectivity index (χ3n) is 8.16. The largest absolute Gasteiger partial charge is 0.481 e. The molecule has 0 atom stereocenters. The standard InChI is InChI=1S/C33H34N6O6/c1-7-19-18(6)32(44)38-26(19)14-24-17(5)22(10-12-28(42)43)30(36-24)31(39-34)29-21(9-11-27(40)41)16(4)23(35-29)13-25-15(3)20(8-2)33(45)37-25/h7-8,13-14,35-36H,1-2,9-12H2,3-6H3,(H,37,45)(H,38,44)(H,40,41)(H,42,43)/b25-13-,26-14-. The van der Waals surface area contributed by atoms with Gasteiger partial charge in [0.15, 0.2) is 0 Å². The normalized spacial score (nSPS) is 16.4. The second-order valence-electron chi connectivity index (χ2n) is 10.8. The van der Waals surface area contributed by atoms with Crippen LogP contribution in [0.4, 0.5) is 0 Å². The Balaban J connectivity index is 1.92. The van der Waals surface area contributed by atoms with Crippen molar-refractivity contribution in [2.75, 3.05) is 0 Å². The first-order valence-corrected chi connectivity index (χ1v) is 14.2. The number of hydrogen-bond donors (Lipinski definition) is 6. The van der Waals surface area contributed by atoms with Crippen LogP contribution in [-0.4, -0.2) is 54.4 Å². The van der Waals surface area contributed by atoms with Gasteiger partial charge in [-0.25, -0.2) is 0 Å². The molecule has 0 unspecified atom stereocenters. The predicted molar refractivity (Wildman–Crippen MR) is 168 cm³/mol. The monoisotopic (exact) mass is 610 g/mol. The molecule has 232 valence electrons. The highest BCUT2D eigenvalue weighted by Crippen LogP contribution is 2.31. The second kappa shape index (κ2) is 12.9. The van der Waals surface area contributed by atoms with Gasteiger partial charge in [-0.2, -0.15) is 4.79 Å². The quantitative estimate of drug-likeness (QED) is 0.119. The maximum absolute atomic E-state index is 12.4. The van der Waals surface area contributed by atoms with Crippen molar-refractivity contribution >= 4 is 41.6 Å². The molecular formula is C33H34N6O6. The minimum atomic E-state index is -1.02. The van der Waals surface area contributed by atoms with Crippen LogP contribution >= 0.6 is 0 Å². The number of rotatable bonds is 12. The molecule has 0 saturated carbocycles. The van der Waals surface area contributed by atoms with Crippen LogP contribution in [0.2, 0.25) is 0 Å². The Hall–Kier alpha value is -5.74. The molecule has 4 heterocycles. The highest BCUT2D eigenvalue weighted by molar-refractivity contribution is 6.10. The highest BCUT2D eigenvalue weighted by Gasteiger charge is 2.32. The van der Waals surface area contributed by atoms with Crippen molar-refractivity contribution in [2.24, 2.45) is 0 Å². The van der Waals surface area contributed by atoms with Crippen molar-refractivity contribution in [3.8, 4) is 0 Å². The van der Waals surface area contributed by atoms with Gasteiger partial charge in [0, 0.05) is 46.6 Å². The number of carboxylic acids is 2. The molecule has 2 aromatic rings. The molecule has 2 aliphatic rings. The van der Waals surface area contributed by atoms with E-state index in [4.69, 9.17) is 0 Å². The molecule has 0 saturated heterocycles. The van der Waals surface area contributed by atoms with E-state index in [0.717, 1.165) is 0 Å². The molecule has 0 bridgehead atoms. The smallest absolute Gasteiger partial charge is 0.362 e. The molecule has 2 amide bonds. The van der Waals surface area contributed by atoms with Crippen LogP contribution in [0.5, 0.6) is 0 Å². The first-order chi connectivity index (χ1) is 21.3. The number of H-pyrrole nitrogens is 2. The lowest BCUT2D eigenvalue weighted by molar-refractivity contribution is -0.138. The van der Waals surface area contributed by atoms with E-state index in [2.05, 4.69) is 38.5 Å². The molecule has 0 spiro atoms. The van der Waals surface area contributed by atoms with Crippen molar-refractivity contribution in [2.45, 2.75) is 53.4 Å². The molecule has 4 rings (SSSR count). The summed E-state index contributed by atoms with van der Waals surface area (Å²) in [5, 5.41) is 24.6. The molecule has 2 aliphatic heterocycles. The number of carbonyl (C=O) groups is 4. The highest BCUT2D eigenvalue weighted by atomic mass is 16.4. The molecule has 12 nitrogen and oxygen atoms in total. The van der Waals surface area contributed by atoms with Crippen LogP contribution in [0.3, 0.4) is 0 Å². The van der Waals surface area contributed by atoms with Crippen molar-refractivity contribution in [3.63, 3.8) is 0 Å². The summed E-state index contributed by atoms with van der Waals surface area (Å²) in [5.41, 5.74) is 18.0. The Morgan fingerprint density at radius 3 is 1.64 bits per heavy atom. The van der Waals surface area contributed by atoms with Crippen LogP contribution in [0.25, 0.3) is 17.7 Å². The summed E-state index contributed by atoms with van der Waals surface area (Å²) in [4.78, 5) is 58.0. The van der Waals surface area contributed by atoms with Crippen LogP contribution in [0.15, 0.2) is 59.0 Å². The Morgan fingerprint density at radius 2 is 1.22 bits per heavy atom. The molecule has 0 aliphatic carbocycles. The summed E-state index contributed by atoms with van der Waals surface area (Å²) in [5.74, 6) is -2.60. The Kier molecular flexibility index (Phi) is 9.20. The van der Waals surface area contributed by atoms with Gasteiger partial charge in [-0.1, -0.05) is 25.3 Å². The minimum absolute atomic E-state index is 0.0388. The number of aliphatic carboxylic acids is 2. The first kappa shape index (κ1) is 32.2. The van der Waals surface area contributed by atoms with Gasteiger partial charge < -0.3 is 36.3 Å². The SMILES string of the molecule is C=CC1=C(C)/C(=C/c2[nH]c(C(=[N+]=[N-])c3[nH]c(/C=C4\NC(=O)C(C)=C4C=C)c(C)c3CCC(=O)O)c(CCC(=O)O)c2C)NC1=O. The summed E-state index contributed by atoms with van der Waals surface area (Å²) in [6.45, 7) is 14.5. The topological polar surface area (TPSA) is 201 Å². The number of hydrogen-bond acceptors (Lipinski definition) is 4. The zero-order valence-corrected chi connectivity index (χ0v) is 25.5. The van der Waals surface area contributed by atoms with E-state index < -0.39 is 11.9 Å². The molecule has 0 fully saturated rings. The third-order valence-corrected chi connectivity index (χ3v) is 8.16. The van der Waals surface area contributed by atoms with E-state index in [1.807, 2.05) is 0 Å². The number of carboxylic acid groups (broad SMARTS) is 2. The average molecular weight is 611 g/mol. The van der Waals surface area contributed by atoms with Gasteiger partial charge in [0.25, 0.3) is 11.8 Å². The molecule has 45 heavy (non-hydrogen) atoms. The van der Waals surface area contributed by atoms with Crippen molar-refractivity contribution in [3.05, 3.63) is 110 Å². The Morgan fingerprint density at radius 1 is 0.756 bits per heavy atom. The lowest BCUT2D eigenvalue weighted by Crippen LogP contribution is -2.15. The van der Waals surface area contributed by atoms with Gasteiger partial charge in [0.2, 0.25) is 0 Å². The lowest BCUT2D eigenvalue weighted by atomic mass is 9.97. The summed E-state index contributed by atoms with van der Waals surface area (Å²) in [6.07, 6.45) is 6.23. The van der Waals surface area contributed by atoms with E-state index in [0.29, 0.717) is 78.7 Å². The first-order valence-electron chi connectivity index (χ1n) is 14.2. The third kappa shape index (κ3) is 6.17. The summed E-state index contributed by atoms with van der Waals surface area (Å²) in [6, 6.07) is 0. The fraction of sp³-hybridized carbons (Fsp3) is 0.242. The number of aromatic nitrogens is 2. The lowest BCUT2D eigenvalue weighted by Gasteiger charge is -2.04. The maximum Gasteiger partial charge on any atom is 0.362 e. The van der Waals surface area contributed by atoms with Crippen molar-refractivity contribution in [1.29, 1.82) is 0 Å². The van der Waals surface area contributed by atoms with E-state index in [1.165, 1.54) is 6.08 Å². The molecule has 6 N–H and O–H groups in total. The number of amides is 2. The van der Waals surface area contributed by atoms with Gasteiger partial charge in [0.05, 0.1) is 5.70 Å². The number of aromatic amines is 2. The van der Waals surface area contributed by atoms with E-state index in [-0.39, 0.29) is 43.2 Å². The van der Waals surface area contributed by atoms with Gasteiger partial charge >= 0.3 is 17.7 Å². The fourth-order valence-electron chi connectivity index (χ4n) is 5.58. The molecule has 0 aromatic carbocycles. The number of allylic oxidation sites excluding steroid dienone is 2. The zero-order chi connectivity index (χ0) is 33.2. The van der Waals surface area contributed by atoms with Gasteiger partial charge in [-0.3, -0.25) is 19.2 Å². The molecular weight excluding hydrogens is 576 g/mol. The minimum Gasteiger partial charge on any atom is -0.481 e. The van der Waals surface area contributed by atoms with Gasteiger partial charge in [0.1, 0.15) is 11.4 Å². The number of nitrogens with zero attached hydrogens (tertiary/aromatic N) is 2. The average Bonchev–Trinajstić information content (AvgIpc) is 3.64. The van der Waals surface area contributed by atoms with E-state index in [1.54, 1.807) is 45.9 Å². The summed E-state index contributed by atoms with van der Waals surface area (Å²) in [7, 11) is 0. The van der Waals surface area contributed by atoms with Crippen LogP contribution in [0.1, 0.15) is 71.7 Å². The van der Waals surface area contributed by atoms with Crippen LogP contribution in [0, 0.1) is 13.8 Å². The summed E-state index contributed by atoms with van der Waals surface area (Å²) >= 11 is 0. The molecule has 12 heteroatoms. The van der Waals surface area contributed by atoms with E-state index in [9.17, 15) is 34.9 Å². The molecule has 2 aromatic heterocycles. The second-order valence-corrected chi connectivity index (χ2v) is 10.8. The van der Waals surface area contributed by atoms with Gasteiger partial charge in [-0.15, -0.1) is 0 Å². The number of nitrogens with one attached hydrogen (secondary N) is 4. The number of carbonyl (C=O) groups excluding carboxylic acids is 2. The summed E-state index contributed by atoms with van der Waals surface area (Å²) < 4.78 is 0. The van der Waals surface area contributed by atoms with Crippen molar-refractivity contribution < 1.29 is 34.2 Å².